The van der Waals surface area contributed by atoms with E-state index in [1.165, 1.54) is 41.3 Å². The highest BCUT2D eigenvalue weighted by Crippen LogP contribution is 2.34. The van der Waals surface area contributed by atoms with E-state index in [1.54, 1.807) is 13.0 Å². The van der Waals surface area contributed by atoms with Crippen molar-refractivity contribution in [1.82, 2.24) is 15.4 Å². The third kappa shape index (κ3) is 3.79. The number of aromatic nitrogens is 3. The monoisotopic (exact) mass is 410 g/mol. The van der Waals surface area contributed by atoms with Gasteiger partial charge in [-0.2, -0.15) is 0 Å². The van der Waals surface area contributed by atoms with Crippen molar-refractivity contribution in [1.29, 1.82) is 0 Å². The number of hydrogen-bond donors (Lipinski definition) is 1. The smallest absolute Gasteiger partial charge is 0.263 e. The number of anilines is 1. The molecule has 0 saturated heterocycles. The lowest BCUT2D eigenvalue weighted by Crippen LogP contribution is -2.13. The first-order valence-corrected chi connectivity index (χ1v) is 9.48. The molecule has 3 rings (SSSR count). The van der Waals surface area contributed by atoms with Crippen LogP contribution in [-0.4, -0.2) is 27.0 Å². The SMILES string of the molecule is C=CCSc1nnc(NC(=O)c2c(-c3c(F)cccc3Cl)noc2C)s1. The molecule has 0 unspecified atom stereocenters. The van der Waals surface area contributed by atoms with Crippen LogP contribution in [0.2, 0.25) is 5.02 Å². The van der Waals surface area contributed by atoms with Gasteiger partial charge < -0.3 is 4.52 Å². The van der Waals surface area contributed by atoms with Crippen LogP contribution in [0.15, 0.2) is 39.7 Å². The first-order chi connectivity index (χ1) is 12.5. The van der Waals surface area contributed by atoms with Gasteiger partial charge in [0, 0.05) is 5.75 Å². The Morgan fingerprint density at radius 2 is 2.31 bits per heavy atom. The molecular weight excluding hydrogens is 399 g/mol. The summed E-state index contributed by atoms with van der Waals surface area (Å²) in [6, 6.07) is 4.22. The number of nitrogens with zero attached hydrogens (tertiary/aromatic N) is 3. The van der Waals surface area contributed by atoms with E-state index < -0.39 is 11.7 Å². The molecule has 0 aliphatic carbocycles. The highest BCUT2D eigenvalue weighted by molar-refractivity contribution is 8.01. The summed E-state index contributed by atoms with van der Waals surface area (Å²) < 4.78 is 20.0. The molecule has 1 amide bonds. The fourth-order valence-corrected chi connectivity index (χ4v) is 3.90. The lowest BCUT2D eigenvalue weighted by Gasteiger charge is -2.05. The van der Waals surface area contributed by atoms with E-state index in [2.05, 4.69) is 27.2 Å². The third-order valence-corrected chi connectivity index (χ3v) is 5.52. The topological polar surface area (TPSA) is 80.9 Å². The van der Waals surface area contributed by atoms with E-state index in [9.17, 15) is 9.18 Å². The number of carbonyl (C=O) groups is 1. The van der Waals surface area contributed by atoms with Gasteiger partial charge in [-0.25, -0.2) is 4.39 Å². The zero-order valence-corrected chi connectivity index (χ0v) is 15.8. The molecule has 0 saturated carbocycles. The molecule has 3 aromatic rings. The third-order valence-electron chi connectivity index (χ3n) is 3.24. The Morgan fingerprint density at radius 3 is 3.04 bits per heavy atom. The van der Waals surface area contributed by atoms with Gasteiger partial charge in [0.2, 0.25) is 5.13 Å². The number of carbonyl (C=O) groups excluding carboxylic acids is 1. The van der Waals surface area contributed by atoms with Crippen LogP contribution in [0.1, 0.15) is 16.1 Å². The predicted octanol–water partition coefficient (Wildman–Crippen LogP) is 4.82. The molecule has 0 aliphatic rings. The molecule has 0 bridgehead atoms. The highest BCUT2D eigenvalue weighted by Gasteiger charge is 2.26. The van der Waals surface area contributed by atoms with Crippen LogP contribution in [0.5, 0.6) is 0 Å². The summed E-state index contributed by atoms with van der Waals surface area (Å²) in [7, 11) is 0. The van der Waals surface area contributed by atoms with Gasteiger partial charge in [0.05, 0.1) is 10.6 Å². The molecule has 10 heteroatoms. The van der Waals surface area contributed by atoms with Crippen LogP contribution in [0, 0.1) is 12.7 Å². The van der Waals surface area contributed by atoms with Gasteiger partial charge in [-0.3, -0.25) is 10.1 Å². The molecule has 26 heavy (non-hydrogen) atoms. The van der Waals surface area contributed by atoms with Crippen molar-refractivity contribution in [2.75, 3.05) is 11.1 Å². The van der Waals surface area contributed by atoms with Crippen molar-refractivity contribution < 1.29 is 13.7 Å². The fourth-order valence-electron chi connectivity index (χ4n) is 2.14. The molecule has 1 aromatic carbocycles. The van der Waals surface area contributed by atoms with Crippen molar-refractivity contribution in [3.05, 3.63) is 53.0 Å². The van der Waals surface area contributed by atoms with E-state index in [-0.39, 0.29) is 27.6 Å². The number of nitrogens with one attached hydrogen (secondary N) is 1. The van der Waals surface area contributed by atoms with Crippen LogP contribution in [0.25, 0.3) is 11.3 Å². The Balaban J connectivity index is 1.90. The van der Waals surface area contributed by atoms with E-state index in [0.717, 1.165) is 0 Å². The summed E-state index contributed by atoms with van der Waals surface area (Å²) in [6.07, 6.45) is 1.75. The number of aryl methyl sites for hydroxylation is 1. The second-order valence-corrected chi connectivity index (χ2v) is 7.64. The van der Waals surface area contributed by atoms with Crippen LogP contribution in [-0.2, 0) is 0 Å². The lowest BCUT2D eigenvalue weighted by atomic mass is 10.1. The van der Waals surface area contributed by atoms with Crippen molar-refractivity contribution >= 4 is 45.7 Å². The summed E-state index contributed by atoms with van der Waals surface area (Å²) in [6.45, 7) is 5.20. The number of thioether (sulfide) groups is 1. The maximum atomic E-state index is 14.2. The van der Waals surface area contributed by atoms with Crippen molar-refractivity contribution in [2.45, 2.75) is 11.3 Å². The van der Waals surface area contributed by atoms with Gasteiger partial charge in [0.1, 0.15) is 22.8 Å². The molecule has 1 N–H and O–H groups in total. The van der Waals surface area contributed by atoms with Gasteiger partial charge in [-0.15, -0.1) is 16.8 Å². The molecule has 134 valence electrons. The fraction of sp³-hybridized carbons (Fsp3) is 0.125. The van der Waals surface area contributed by atoms with Crippen LogP contribution in [0.4, 0.5) is 9.52 Å². The minimum Gasteiger partial charge on any atom is -0.360 e. The molecule has 0 aliphatic heterocycles. The minimum atomic E-state index is -0.598. The number of hydrogen-bond acceptors (Lipinski definition) is 7. The quantitative estimate of drug-likeness (QED) is 0.356. The van der Waals surface area contributed by atoms with Crippen LogP contribution >= 0.6 is 34.7 Å². The molecule has 0 atom stereocenters. The molecule has 2 aromatic heterocycles. The minimum absolute atomic E-state index is 0.00987. The van der Waals surface area contributed by atoms with Crippen molar-refractivity contribution in [3.63, 3.8) is 0 Å². The Labute approximate surface area is 161 Å². The molecular formula is C16H12ClFN4O2S2. The van der Waals surface area contributed by atoms with Gasteiger partial charge in [0.15, 0.2) is 4.34 Å². The maximum absolute atomic E-state index is 14.2. The van der Waals surface area contributed by atoms with Crippen molar-refractivity contribution in [3.8, 4) is 11.3 Å². The number of rotatable bonds is 6. The summed E-state index contributed by atoms with van der Waals surface area (Å²) in [5, 5.41) is 14.8. The maximum Gasteiger partial charge on any atom is 0.263 e. The first kappa shape index (κ1) is 18.6. The Morgan fingerprint density at radius 1 is 1.50 bits per heavy atom. The van der Waals surface area contributed by atoms with E-state index in [1.807, 2.05) is 0 Å². The average molecular weight is 411 g/mol. The number of benzene rings is 1. The Bertz CT molecular complexity index is 953. The molecule has 0 radical (unpaired) electrons. The second-order valence-electron chi connectivity index (χ2n) is 4.99. The normalized spacial score (nSPS) is 10.7. The van der Waals surface area contributed by atoms with E-state index in [4.69, 9.17) is 16.1 Å². The van der Waals surface area contributed by atoms with Crippen LogP contribution in [0.3, 0.4) is 0 Å². The van der Waals surface area contributed by atoms with Crippen LogP contribution < -0.4 is 5.32 Å². The first-order valence-electron chi connectivity index (χ1n) is 7.30. The highest BCUT2D eigenvalue weighted by atomic mass is 35.5. The summed E-state index contributed by atoms with van der Waals surface area (Å²) in [5.74, 6) is -0.209. The predicted molar refractivity (Wildman–Crippen MR) is 100 cm³/mol. The summed E-state index contributed by atoms with van der Waals surface area (Å²) in [5.41, 5.74) is 0.136. The molecule has 0 spiro atoms. The zero-order chi connectivity index (χ0) is 18.7. The Hall–Kier alpha value is -2.23. The zero-order valence-electron chi connectivity index (χ0n) is 13.5. The van der Waals surface area contributed by atoms with E-state index in [0.29, 0.717) is 15.2 Å². The summed E-state index contributed by atoms with van der Waals surface area (Å²) in [4.78, 5) is 12.7. The lowest BCUT2D eigenvalue weighted by molar-refractivity contribution is 0.102. The molecule has 6 nitrogen and oxygen atoms in total. The number of amides is 1. The van der Waals surface area contributed by atoms with E-state index >= 15 is 0 Å². The van der Waals surface area contributed by atoms with Crippen molar-refractivity contribution in [2.24, 2.45) is 0 Å². The molecule has 0 fully saturated rings. The van der Waals surface area contributed by atoms with Gasteiger partial charge >= 0.3 is 0 Å². The van der Waals surface area contributed by atoms with Gasteiger partial charge in [0.25, 0.3) is 5.91 Å². The molecule has 2 heterocycles. The second kappa shape index (κ2) is 7.98. The van der Waals surface area contributed by atoms with Gasteiger partial charge in [-0.05, 0) is 19.1 Å². The average Bonchev–Trinajstić information content (AvgIpc) is 3.19. The number of halogens is 2. The standard InChI is InChI=1S/C16H12ClFN4O2S2/c1-3-7-25-16-21-20-15(26-16)19-14(23)11-8(2)24-22-13(11)12-9(17)5-4-6-10(12)18/h3-6H,1,7H2,2H3,(H,19,20,23). The largest absolute Gasteiger partial charge is 0.360 e. The Kier molecular flexibility index (Phi) is 5.70. The van der Waals surface area contributed by atoms with Gasteiger partial charge in [-0.1, -0.05) is 52.0 Å². The summed E-state index contributed by atoms with van der Waals surface area (Å²) >= 11 is 8.75.